The van der Waals surface area contributed by atoms with Crippen molar-refractivity contribution in [3.8, 4) is 0 Å². The SMILES string of the molecule is CCCNCCS(=O)(=O)NC1CCC(C)(C)C1. The van der Waals surface area contributed by atoms with Crippen molar-refractivity contribution in [1.29, 1.82) is 0 Å². The fourth-order valence-electron chi connectivity index (χ4n) is 2.36. The first kappa shape index (κ1) is 14.9. The summed E-state index contributed by atoms with van der Waals surface area (Å²) in [7, 11) is -3.11. The van der Waals surface area contributed by atoms with Gasteiger partial charge in [0.15, 0.2) is 0 Å². The summed E-state index contributed by atoms with van der Waals surface area (Å²) in [6.07, 6.45) is 4.06. The number of rotatable bonds is 7. The zero-order valence-corrected chi connectivity index (χ0v) is 12.1. The summed E-state index contributed by atoms with van der Waals surface area (Å²) in [5.41, 5.74) is 0.285. The average molecular weight is 262 g/mol. The quantitative estimate of drug-likeness (QED) is 0.683. The molecule has 0 saturated heterocycles. The molecule has 1 aliphatic rings. The second kappa shape index (κ2) is 6.16. The van der Waals surface area contributed by atoms with Gasteiger partial charge in [-0.15, -0.1) is 0 Å². The zero-order chi connectivity index (χ0) is 12.9. The number of sulfonamides is 1. The molecule has 17 heavy (non-hydrogen) atoms. The van der Waals surface area contributed by atoms with Crippen LogP contribution in [-0.2, 0) is 10.0 Å². The van der Waals surface area contributed by atoms with Gasteiger partial charge in [0.25, 0.3) is 0 Å². The van der Waals surface area contributed by atoms with Crippen molar-refractivity contribution >= 4 is 10.0 Å². The van der Waals surface area contributed by atoms with E-state index in [1.807, 2.05) is 0 Å². The minimum atomic E-state index is -3.11. The topological polar surface area (TPSA) is 58.2 Å². The van der Waals surface area contributed by atoms with Crippen molar-refractivity contribution in [2.24, 2.45) is 5.41 Å². The van der Waals surface area contributed by atoms with Gasteiger partial charge in [0.2, 0.25) is 10.0 Å². The van der Waals surface area contributed by atoms with E-state index in [2.05, 4.69) is 30.8 Å². The molecule has 0 bridgehead atoms. The molecule has 1 unspecified atom stereocenters. The van der Waals surface area contributed by atoms with Crippen molar-refractivity contribution < 1.29 is 8.42 Å². The lowest BCUT2D eigenvalue weighted by Crippen LogP contribution is -2.38. The highest BCUT2D eigenvalue weighted by Crippen LogP contribution is 2.37. The summed E-state index contributed by atoms with van der Waals surface area (Å²) in [5, 5.41) is 3.11. The third-order valence-corrected chi connectivity index (χ3v) is 4.72. The Kier molecular flexibility index (Phi) is 5.41. The molecule has 1 saturated carbocycles. The van der Waals surface area contributed by atoms with E-state index in [-0.39, 0.29) is 17.2 Å². The molecule has 2 N–H and O–H groups in total. The van der Waals surface area contributed by atoms with Crippen LogP contribution in [0.2, 0.25) is 0 Å². The third kappa shape index (κ3) is 5.84. The minimum absolute atomic E-state index is 0.140. The van der Waals surface area contributed by atoms with E-state index >= 15 is 0 Å². The van der Waals surface area contributed by atoms with E-state index in [1.165, 1.54) is 0 Å². The highest BCUT2D eigenvalue weighted by atomic mass is 32.2. The van der Waals surface area contributed by atoms with Crippen LogP contribution in [0.25, 0.3) is 0 Å². The van der Waals surface area contributed by atoms with Gasteiger partial charge in [-0.1, -0.05) is 20.8 Å². The predicted molar refractivity (Wildman–Crippen MR) is 71.5 cm³/mol. The molecule has 1 rings (SSSR count). The van der Waals surface area contributed by atoms with Crippen LogP contribution in [0.1, 0.15) is 46.5 Å². The van der Waals surface area contributed by atoms with Crippen LogP contribution >= 0.6 is 0 Å². The molecule has 0 amide bonds. The number of nitrogens with one attached hydrogen (secondary N) is 2. The van der Waals surface area contributed by atoms with Crippen LogP contribution in [0.15, 0.2) is 0 Å². The molecule has 102 valence electrons. The van der Waals surface area contributed by atoms with Crippen molar-refractivity contribution in [1.82, 2.24) is 10.0 Å². The lowest BCUT2D eigenvalue weighted by molar-refractivity contribution is 0.372. The Hall–Kier alpha value is -0.130. The van der Waals surface area contributed by atoms with Gasteiger partial charge in [0.1, 0.15) is 0 Å². The molecule has 0 aromatic heterocycles. The Morgan fingerprint density at radius 2 is 2.00 bits per heavy atom. The van der Waals surface area contributed by atoms with E-state index in [1.54, 1.807) is 0 Å². The summed E-state index contributed by atoms with van der Waals surface area (Å²) >= 11 is 0. The fourth-order valence-corrected chi connectivity index (χ4v) is 3.60. The van der Waals surface area contributed by atoms with Gasteiger partial charge in [-0.2, -0.15) is 0 Å². The standard InChI is InChI=1S/C12H26N2O2S/c1-4-7-13-8-9-17(15,16)14-11-5-6-12(2,3)10-11/h11,13-14H,4-10H2,1-3H3. The smallest absolute Gasteiger partial charge is 0.213 e. The molecular formula is C12H26N2O2S. The lowest BCUT2D eigenvalue weighted by Gasteiger charge is -2.18. The molecule has 0 spiro atoms. The van der Waals surface area contributed by atoms with Crippen molar-refractivity contribution in [3.63, 3.8) is 0 Å². The molecule has 0 aromatic rings. The zero-order valence-electron chi connectivity index (χ0n) is 11.3. The van der Waals surface area contributed by atoms with Gasteiger partial charge in [-0.25, -0.2) is 13.1 Å². The molecule has 4 nitrogen and oxygen atoms in total. The molecule has 1 atom stereocenters. The normalized spacial score (nSPS) is 24.1. The maximum Gasteiger partial charge on any atom is 0.213 e. The summed E-state index contributed by atoms with van der Waals surface area (Å²) in [4.78, 5) is 0. The Morgan fingerprint density at radius 1 is 1.29 bits per heavy atom. The predicted octanol–water partition coefficient (Wildman–Crippen LogP) is 1.48. The van der Waals surface area contributed by atoms with Gasteiger partial charge in [0, 0.05) is 12.6 Å². The second-order valence-corrected chi connectivity index (χ2v) is 7.66. The maximum absolute atomic E-state index is 11.8. The van der Waals surface area contributed by atoms with Crippen molar-refractivity contribution in [2.75, 3.05) is 18.8 Å². The lowest BCUT2D eigenvalue weighted by atomic mass is 9.92. The van der Waals surface area contributed by atoms with Gasteiger partial charge < -0.3 is 5.32 Å². The van der Waals surface area contributed by atoms with Gasteiger partial charge in [-0.3, -0.25) is 0 Å². The average Bonchev–Trinajstić information content (AvgIpc) is 2.52. The van der Waals surface area contributed by atoms with E-state index in [9.17, 15) is 8.42 Å². The van der Waals surface area contributed by atoms with E-state index in [4.69, 9.17) is 0 Å². The summed E-state index contributed by atoms with van der Waals surface area (Å²) < 4.78 is 26.4. The van der Waals surface area contributed by atoms with Crippen LogP contribution in [0, 0.1) is 5.41 Å². The largest absolute Gasteiger partial charge is 0.316 e. The summed E-state index contributed by atoms with van der Waals surface area (Å²) in [6.45, 7) is 7.89. The third-order valence-electron chi connectivity index (χ3n) is 3.29. The van der Waals surface area contributed by atoms with Crippen molar-refractivity contribution in [3.05, 3.63) is 0 Å². The molecule has 0 aromatic carbocycles. The first-order valence-electron chi connectivity index (χ1n) is 6.55. The number of hydrogen-bond donors (Lipinski definition) is 2. The molecule has 1 fully saturated rings. The van der Waals surface area contributed by atoms with Gasteiger partial charge >= 0.3 is 0 Å². The van der Waals surface area contributed by atoms with Crippen LogP contribution in [0.5, 0.6) is 0 Å². The van der Waals surface area contributed by atoms with Crippen LogP contribution in [0.3, 0.4) is 0 Å². The molecular weight excluding hydrogens is 236 g/mol. The fraction of sp³-hybridized carbons (Fsp3) is 1.00. The van der Waals surface area contributed by atoms with Crippen molar-refractivity contribution in [2.45, 2.75) is 52.5 Å². The molecule has 0 heterocycles. The molecule has 0 aliphatic heterocycles. The van der Waals surface area contributed by atoms with Gasteiger partial charge in [0.05, 0.1) is 5.75 Å². The van der Waals surface area contributed by atoms with Crippen LogP contribution < -0.4 is 10.0 Å². The van der Waals surface area contributed by atoms with Gasteiger partial charge in [-0.05, 0) is 37.6 Å². The van der Waals surface area contributed by atoms with E-state index in [0.29, 0.717) is 6.54 Å². The maximum atomic E-state index is 11.8. The molecule has 1 aliphatic carbocycles. The Morgan fingerprint density at radius 3 is 2.53 bits per heavy atom. The first-order valence-corrected chi connectivity index (χ1v) is 8.20. The van der Waals surface area contributed by atoms with E-state index < -0.39 is 10.0 Å². The Bertz CT molecular complexity index is 325. The second-order valence-electron chi connectivity index (χ2n) is 5.79. The number of hydrogen-bond acceptors (Lipinski definition) is 3. The molecule has 0 radical (unpaired) electrons. The Labute approximate surface area is 106 Å². The first-order chi connectivity index (χ1) is 7.85. The molecule has 5 heteroatoms. The van der Waals surface area contributed by atoms with Crippen LogP contribution in [0.4, 0.5) is 0 Å². The monoisotopic (exact) mass is 262 g/mol. The minimum Gasteiger partial charge on any atom is -0.316 e. The summed E-state index contributed by atoms with van der Waals surface area (Å²) in [6, 6.07) is 0.140. The summed E-state index contributed by atoms with van der Waals surface area (Å²) in [5.74, 6) is 0.184. The van der Waals surface area contributed by atoms with E-state index in [0.717, 1.165) is 32.2 Å². The van der Waals surface area contributed by atoms with Crippen LogP contribution in [-0.4, -0.2) is 33.3 Å². The highest BCUT2D eigenvalue weighted by Gasteiger charge is 2.32. The highest BCUT2D eigenvalue weighted by molar-refractivity contribution is 7.89. The Balaban J connectivity index is 2.30.